The first-order chi connectivity index (χ1) is 14.9. The Morgan fingerprint density at radius 2 is 1.52 bits per heavy atom. The first-order valence-electron chi connectivity index (χ1n) is 9.75. The number of nitrogens with one attached hydrogen (secondary N) is 2. The minimum absolute atomic E-state index is 0.309. The zero-order valence-electron chi connectivity index (χ0n) is 17.1. The van der Waals surface area contributed by atoms with Gasteiger partial charge in [-0.15, -0.1) is 0 Å². The maximum absolute atomic E-state index is 13.3. The van der Waals surface area contributed by atoms with Crippen molar-refractivity contribution < 1.29 is 14.0 Å². The van der Waals surface area contributed by atoms with Crippen molar-refractivity contribution in [3.8, 4) is 0 Å². The topological polar surface area (TPSA) is 71.1 Å². The lowest BCUT2D eigenvalue weighted by atomic mass is 10.1. The molecular weight excluding hydrogens is 393 g/mol. The first-order valence-corrected chi connectivity index (χ1v) is 9.75. The second-order valence-electron chi connectivity index (χ2n) is 7.32. The number of hydrogen-bond donors (Lipinski definition) is 2. The van der Waals surface area contributed by atoms with Gasteiger partial charge in [0.15, 0.2) is 0 Å². The number of nitrogens with zero attached hydrogens (tertiary/aromatic N) is 1. The van der Waals surface area contributed by atoms with Crippen molar-refractivity contribution in [1.82, 2.24) is 4.98 Å². The standard InChI is InChI=1S/C25H20FN3O2/c1-15-9-10-23-18(11-15)13-22(16(2)27-23)25(31)29-20-7-3-5-17(12-20)24(30)28-21-8-4-6-19(26)14-21/h3-14H,1-2H3,(H,28,30)(H,29,31). The summed E-state index contributed by atoms with van der Waals surface area (Å²) in [4.78, 5) is 29.9. The highest BCUT2D eigenvalue weighted by molar-refractivity contribution is 6.08. The summed E-state index contributed by atoms with van der Waals surface area (Å²) in [5, 5.41) is 6.36. The molecule has 0 unspecified atom stereocenters. The zero-order valence-corrected chi connectivity index (χ0v) is 17.1. The second kappa shape index (κ2) is 8.36. The van der Waals surface area contributed by atoms with Crippen molar-refractivity contribution in [2.75, 3.05) is 10.6 Å². The molecule has 0 fully saturated rings. The molecule has 0 saturated carbocycles. The van der Waals surface area contributed by atoms with E-state index in [0.717, 1.165) is 16.5 Å². The molecule has 3 aromatic carbocycles. The molecule has 4 rings (SSSR count). The number of carbonyl (C=O) groups is 2. The summed E-state index contributed by atoms with van der Waals surface area (Å²) in [6, 6.07) is 19.9. The summed E-state index contributed by atoms with van der Waals surface area (Å²) < 4.78 is 13.3. The van der Waals surface area contributed by atoms with Crippen LogP contribution in [0, 0.1) is 19.7 Å². The van der Waals surface area contributed by atoms with Gasteiger partial charge in [-0.2, -0.15) is 0 Å². The molecule has 4 aromatic rings. The Morgan fingerprint density at radius 3 is 2.29 bits per heavy atom. The van der Waals surface area contributed by atoms with Gasteiger partial charge in [-0.25, -0.2) is 4.39 Å². The maximum atomic E-state index is 13.3. The largest absolute Gasteiger partial charge is 0.322 e. The summed E-state index contributed by atoms with van der Waals surface area (Å²) >= 11 is 0. The monoisotopic (exact) mass is 413 g/mol. The Hall–Kier alpha value is -4.06. The Labute approximate surface area is 178 Å². The fourth-order valence-corrected chi connectivity index (χ4v) is 3.33. The summed E-state index contributed by atoms with van der Waals surface area (Å²) in [6.45, 7) is 3.77. The molecule has 31 heavy (non-hydrogen) atoms. The molecule has 0 radical (unpaired) electrons. The molecule has 1 aromatic heterocycles. The predicted molar refractivity (Wildman–Crippen MR) is 120 cm³/mol. The van der Waals surface area contributed by atoms with Crippen LogP contribution in [0.1, 0.15) is 32.0 Å². The van der Waals surface area contributed by atoms with Crippen LogP contribution >= 0.6 is 0 Å². The molecule has 0 aliphatic carbocycles. The number of fused-ring (bicyclic) bond motifs is 1. The molecule has 2 N–H and O–H groups in total. The number of pyridine rings is 1. The molecule has 2 amide bonds. The van der Waals surface area contributed by atoms with E-state index < -0.39 is 11.7 Å². The minimum atomic E-state index is -0.437. The van der Waals surface area contributed by atoms with Crippen LogP contribution in [-0.4, -0.2) is 16.8 Å². The summed E-state index contributed by atoms with van der Waals surface area (Å²) in [6.07, 6.45) is 0. The van der Waals surface area contributed by atoms with E-state index in [1.165, 1.54) is 18.2 Å². The van der Waals surface area contributed by atoms with E-state index in [0.29, 0.717) is 28.2 Å². The molecule has 1 heterocycles. The van der Waals surface area contributed by atoms with Crippen LogP contribution in [-0.2, 0) is 0 Å². The van der Waals surface area contributed by atoms with Crippen molar-refractivity contribution in [1.29, 1.82) is 0 Å². The molecule has 0 saturated heterocycles. The third-order valence-corrected chi connectivity index (χ3v) is 4.87. The molecule has 0 atom stereocenters. The van der Waals surface area contributed by atoms with Gasteiger partial charge in [0.2, 0.25) is 0 Å². The molecule has 6 heteroatoms. The highest BCUT2D eigenvalue weighted by Gasteiger charge is 2.14. The lowest BCUT2D eigenvalue weighted by Gasteiger charge is -2.11. The van der Waals surface area contributed by atoms with Crippen molar-refractivity contribution in [3.63, 3.8) is 0 Å². The second-order valence-corrected chi connectivity index (χ2v) is 7.32. The number of benzene rings is 3. The van der Waals surface area contributed by atoms with Gasteiger partial charge in [0, 0.05) is 22.3 Å². The summed E-state index contributed by atoms with van der Waals surface area (Å²) in [5.41, 5.74) is 4.16. The molecule has 0 aliphatic rings. The average molecular weight is 413 g/mol. The molecule has 154 valence electrons. The number of aryl methyl sites for hydroxylation is 2. The number of carbonyl (C=O) groups excluding carboxylic acids is 2. The van der Waals surface area contributed by atoms with E-state index in [-0.39, 0.29) is 5.91 Å². The Kier molecular flexibility index (Phi) is 5.45. The van der Waals surface area contributed by atoms with Gasteiger partial charge < -0.3 is 10.6 Å². The van der Waals surface area contributed by atoms with Crippen molar-refractivity contribution in [2.45, 2.75) is 13.8 Å². The van der Waals surface area contributed by atoms with E-state index >= 15 is 0 Å². The smallest absolute Gasteiger partial charge is 0.257 e. The third kappa shape index (κ3) is 4.59. The van der Waals surface area contributed by atoms with Crippen LogP contribution in [0.2, 0.25) is 0 Å². The van der Waals surface area contributed by atoms with Crippen molar-refractivity contribution >= 4 is 34.1 Å². The van der Waals surface area contributed by atoms with E-state index in [9.17, 15) is 14.0 Å². The van der Waals surface area contributed by atoms with E-state index in [2.05, 4.69) is 15.6 Å². The minimum Gasteiger partial charge on any atom is -0.322 e. The molecule has 0 aliphatic heterocycles. The molecule has 0 bridgehead atoms. The number of aromatic nitrogens is 1. The van der Waals surface area contributed by atoms with Gasteiger partial charge in [0.25, 0.3) is 11.8 Å². The van der Waals surface area contributed by atoms with Gasteiger partial charge in [-0.3, -0.25) is 14.6 Å². The van der Waals surface area contributed by atoms with Crippen LogP contribution in [0.15, 0.2) is 72.8 Å². The number of hydrogen-bond acceptors (Lipinski definition) is 3. The van der Waals surface area contributed by atoms with Gasteiger partial charge in [-0.05, 0) is 68.4 Å². The summed E-state index contributed by atoms with van der Waals surface area (Å²) in [5.74, 6) is -1.15. The van der Waals surface area contributed by atoms with Crippen LogP contribution < -0.4 is 10.6 Å². The van der Waals surface area contributed by atoms with E-state index in [1.54, 1.807) is 37.3 Å². The maximum Gasteiger partial charge on any atom is 0.257 e. The third-order valence-electron chi connectivity index (χ3n) is 4.87. The SMILES string of the molecule is Cc1ccc2nc(C)c(C(=O)Nc3cccc(C(=O)Nc4cccc(F)c4)c3)cc2c1. The number of amides is 2. The highest BCUT2D eigenvalue weighted by Crippen LogP contribution is 2.20. The van der Waals surface area contributed by atoms with Gasteiger partial charge in [-0.1, -0.05) is 23.8 Å². The number of rotatable bonds is 4. The fraction of sp³-hybridized carbons (Fsp3) is 0.0800. The van der Waals surface area contributed by atoms with E-state index in [1.807, 2.05) is 31.2 Å². The lowest BCUT2D eigenvalue weighted by Crippen LogP contribution is -2.16. The number of anilines is 2. The Morgan fingerprint density at radius 1 is 0.806 bits per heavy atom. The van der Waals surface area contributed by atoms with Crippen LogP contribution in [0.3, 0.4) is 0 Å². The molecular formula is C25H20FN3O2. The van der Waals surface area contributed by atoms with Crippen LogP contribution in [0.5, 0.6) is 0 Å². The quantitative estimate of drug-likeness (QED) is 0.464. The molecule has 5 nitrogen and oxygen atoms in total. The normalized spacial score (nSPS) is 10.7. The van der Waals surface area contributed by atoms with E-state index in [4.69, 9.17) is 0 Å². The van der Waals surface area contributed by atoms with Crippen LogP contribution in [0.4, 0.5) is 15.8 Å². The Bertz CT molecular complexity index is 1320. The molecule has 0 spiro atoms. The van der Waals surface area contributed by atoms with Crippen molar-refractivity contribution in [3.05, 3.63) is 101 Å². The lowest BCUT2D eigenvalue weighted by molar-refractivity contribution is 0.101. The first kappa shape index (κ1) is 20.2. The fourth-order valence-electron chi connectivity index (χ4n) is 3.33. The highest BCUT2D eigenvalue weighted by atomic mass is 19.1. The predicted octanol–water partition coefficient (Wildman–Crippen LogP) is 5.50. The summed E-state index contributed by atoms with van der Waals surface area (Å²) in [7, 11) is 0. The Balaban J connectivity index is 1.54. The zero-order chi connectivity index (χ0) is 22.0. The van der Waals surface area contributed by atoms with Gasteiger partial charge >= 0.3 is 0 Å². The average Bonchev–Trinajstić information content (AvgIpc) is 2.73. The number of halogens is 1. The van der Waals surface area contributed by atoms with Gasteiger partial charge in [0.1, 0.15) is 5.82 Å². The van der Waals surface area contributed by atoms with Crippen LogP contribution in [0.25, 0.3) is 10.9 Å². The van der Waals surface area contributed by atoms with Gasteiger partial charge in [0.05, 0.1) is 16.8 Å². The van der Waals surface area contributed by atoms with Crippen molar-refractivity contribution in [2.24, 2.45) is 0 Å².